The molecular weight excluding hydrogens is 422 g/mol. The number of esters is 1. The van der Waals surface area contributed by atoms with Crippen LogP contribution in [0.25, 0.3) is 0 Å². The van der Waals surface area contributed by atoms with E-state index in [0.717, 1.165) is 5.56 Å². The average Bonchev–Trinajstić information content (AvgIpc) is 2.69. The number of sulfonamides is 1. The minimum absolute atomic E-state index is 0.0962. The quantitative estimate of drug-likeness (QED) is 0.524. The van der Waals surface area contributed by atoms with Crippen molar-refractivity contribution >= 4 is 33.5 Å². The van der Waals surface area contributed by atoms with Crippen molar-refractivity contribution in [2.24, 2.45) is 11.1 Å². The molecule has 0 saturated heterocycles. The van der Waals surface area contributed by atoms with Crippen LogP contribution < -0.4 is 15.8 Å². The molecule has 0 aliphatic carbocycles. The maximum atomic E-state index is 12.4. The van der Waals surface area contributed by atoms with E-state index in [1.807, 2.05) is 13.0 Å². The van der Waals surface area contributed by atoms with Crippen LogP contribution >= 0.6 is 0 Å². The highest BCUT2D eigenvalue weighted by atomic mass is 32.2. The average molecular weight is 448 g/mol. The molecule has 0 saturated carbocycles. The Hall–Kier alpha value is -3.24. The number of carbonyl (C=O) groups excluding carboxylic acids is 3. The summed E-state index contributed by atoms with van der Waals surface area (Å²) < 4.78 is 27.6. The second-order valence-electron chi connectivity index (χ2n) is 7.29. The first kappa shape index (κ1) is 24.0. The second kappa shape index (κ2) is 10.2. The van der Waals surface area contributed by atoms with Gasteiger partial charge in [-0.2, -0.15) is 0 Å². The Balaban J connectivity index is 1.93. The lowest BCUT2D eigenvalue weighted by Crippen LogP contribution is -2.46. The summed E-state index contributed by atoms with van der Waals surface area (Å²) in [7, 11) is -3.84. The molecule has 0 aliphatic rings. The SMILES string of the molecule is Cc1cccc(C(=O)NC(C(=O)OCC(=O)Nc2ccc(S(N)(=O)=O)cc2)C(C)C)c1. The monoisotopic (exact) mass is 447 g/mol. The van der Waals surface area contributed by atoms with Gasteiger partial charge >= 0.3 is 5.97 Å². The van der Waals surface area contributed by atoms with Gasteiger partial charge in [-0.1, -0.05) is 31.5 Å². The lowest BCUT2D eigenvalue weighted by molar-refractivity contribution is -0.150. The van der Waals surface area contributed by atoms with Gasteiger partial charge in [0.05, 0.1) is 4.90 Å². The second-order valence-corrected chi connectivity index (χ2v) is 8.85. The van der Waals surface area contributed by atoms with Gasteiger partial charge < -0.3 is 15.4 Å². The number of nitrogens with one attached hydrogen (secondary N) is 2. The third kappa shape index (κ3) is 7.19. The van der Waals surface area contributed by atoms with Crippen molar-refractivity contribution in [2.75, 3.05) is 11.9 Å². The van der Waals surface area contributed by atoms with E-state index in [2.05, 4.69) is 10.6 Å². The summed E-state index contributed by atoms with van der Waals surface area (Å²) in [5.74, 6) is -2.05. The van der Waals surface area contributed by atoms with E-state index in [0.29, 0.717) is 11.3 Å². The summed E-state index contributed by atoms with van der Waals surface area (Å²) in [5.41, 5.74) is 1.63. The first-order chi connectivity index (χ1) is 14.5. The number of amides is 2. The summed E-state index contributed by atoms with van der Waals surface area (Å²) in [4.78, 5) is 36.8. The summed E-state index contributed by atoms with van der Waals surface area (Å²) >= 11 is 0. The molecular formula is C21H25N3O6S. The minimum atomic E-state index is -3.84. The van der Waals surface area contributed by atoms with Crippen LogP contribution in [0, 0.1) is 12.8 Å². The summed E-state index contributed by atoms with van der Waals surface area (Å²) in [6, 6.07) is 11.2. The van der Waals surface area contributed by atoms with Crippen LogP contribution in [0.5, 0.6) is 0 Å². The van der Waals surface area contributed by atoms with Crippen molar-refractivity contribution in [1.82, 2.24) is 5.32 Å². The standard InChI is InChI=1S/C21H25N3O6S/c1-13(2)19(24-20(26)15-6-4-5-14(3)11-15)21(27)30-12-18(25)23-16-7-9-17(10-8-16)31(22,28)29/h4-11,13,19H,12H2,1-3H3,(H,23,25)(H,24,26)(H2,22,28,29). The van der Waals surface area contributed by atoms with E-state index >= 15 is 0 Å². The topological polar surface area (TPSA) is 145 Å². The third-order valence-corrected chi connectivity index (χ3v) is 5.23. The zero-order valence-corrected chi connectivity index (χ0v) is 18.2. The number of anilines is 1. The predicted molar refractivity (Wildman–Crippen MR) is 115 cm³/mol. The Morgan fingerprint density at radius 1 is 1.06 bits per heavy atom. The number of aryl methyl sites for hydroxylation is 1. The number of primary sulfonamides is 1. The van der Waals surface area contributed by atoms with E-state index in [4.69, 9.17) is 9.88 Å². The highest BCUT2D eigenvalue weighted by molar-refractivity contribution is 7.89. The number of hydrogen-bond acceptors (Lipinski definition) is 6. The van der Waals surface area contributed by atoms with Crippen LogP contribution in [-0.2, 0) is 24.3 Å². The zero-order chi connectivity index (χ0) is 23.2. The Kier molecular flexibility index (Phi) is 7.89. The molecule has 10 heteroatoms. The molecule has 0 radical (unpaired) electrons. The number of carbonyl (C=O) groups is 3. The van der Waals surface area contributed by atoms with Gasteiger partial charge in [0.15, 0.2) is 6.61 Å². The molecule has 4 N–H and O–H groups in total. The Morgan fingerprint density at radius 3 is 2.26 bits per heavy atom. The minimum Gasteiger partial charge on any atom is -0.454 e. The lowest BCUT2D eigenvalue weighted by atomic mass is 10.0. The molecule has 0 heterocycles. The fourth-order valence-corrected chi connectivity index (χ4v) is 3.18. The van der Waals surface area contributed by atoms with Gasteiger partial charge in [0, 0.05) is 11.3 Å². The molecule has 0 bridgehead atoms. The molecule has 2 aromatic rings. The van der Waals surface area contributed by atoms with Crippen LogP contribution in [0.3, 0.4) is 0 Å². The largest absolute Gasteiger partial charge is 0.454 e. The first-order valence-corrected chi connectivity index (χ1v) is 11.0. The predicted octanol–water partition coefficient (Wildman–Crippen LogP) is 1.58. The molecule has 2 aromatic carbocycles. The Labute approximate surface area is 181 Å². The fourth-order valence-electron chi connectivity index (χ4n) is 2.66. The molecule has 1 unspecified atom stereocenters. The van der Waals surface area contributed by atoms with Gasteiger partial charge in [-0.15, -0.1) is 0 Å². The highest BCUT2D eigenvalue weighted by Gasteiger charge is 2.26. The van der Waals surface area contributed by atoms with Gasteiger partial charge in [0.1, 0.15) is 6.04 Å². The number of nitrogens with two attached hydrogens (primary N) is 1. The van der Waals surface area contributed by atoms with Crippen LogP contribution in [0.4, 0.5) is 5.69 Å². The van der Waals surface area contributed by atoms with Crippen molar-refractivity contribution in [3.05, 3.63) is 59.7 Å². The van der Waals surface area contributed by atoms with Crippen LogP contribution in [0.1, 0.15) is 29.8 Å². The van der Waals surface area contributed by atoms with Crippen molar-refractivity contribution in [3.8, 4) is 0 Å². The molecule has 2 amide bonds. The normalized spacial score (nSPS) is 12.2. The molecule has 9 nitrogen and oxygen atoms in total. The van der Waals surface area contributed by atoms with E-state index in [1.165, 1.54) is 24.3 Å². The summed E-state index contributed by atoms with van der Waals surface area (Å²) in [5, 5.41) is 10.1. The van der Waals surface area contributed by atoms with Crippen molar-refractivity contribution in [2.45, 2.75) is 31.7 Å². The lowest BCUT2D eigenvalue weighted by Gasteiger charge is -2.21. The Morgan fingerprint density at radius 2 is 1.71 bits per heavy atom. The molecule has 0 spiro atoms. The third-order valence-electron chi connectivity index (χ3n) is 4.30. The van der Waals surface area contributed by atoms with Gasteiger partial charge in [0.2, 0.25) is 10.0 Å². The van der Waals surface area contributed by atoms with Gasteiger partial charge in [-0.05, 0) is 49.2 Å². The number of rotatable bonds is 8. The summed E-state index contributed by atoms with van der Waals surface area (Å²) in [6.07, 6.45) is 0. The van der Waals surface area contributed by atoms with Gasteiger partial charge in [-0.3, -0.25) is 9.59 Å². The number of benzene rings is 2. The van der Waals surface area contributed by atoms with Crippen molar-refractivity contribution < 1.29 is 27.5 Å². The molecule has 1 atom stereocenters. The van der Waals surface area contributed by atoms with E-state index in [-0.39, 0.29) is 10.8 Å². The maximum Gasteiger partial charge on any atom is 0.329 e. The molecule has 31 heavy (non-hydrogen) atoms. The van der Waals surface area contributed by atoms with E-state index in [9.17, 15) is 22.8 Å². The van der Waals surface area contributed by atoms with Crippen LogP contribution in [0.15, 0.2) is 53.4 Å². The summed E-state index contributed by atoms with van der Waals surface area (Å²) in [6.45, 7) is 4.77. The zero-order valence-electron chi connectivity index (χ0n) is 17.4. The fraction of sp³-hybridized carbons (Fsp3) is 0.286. The highest BCUT2D eigenvalue weighted by Crippen LogP contribution is 2.13. The van der Waals surface area contributed by atoms with Crippen LogP contribution in [-0.4, -0.2) is 38.9 Å². The number of ether oxygens (including phenoxy) is 1. The van der Waals surface area contributed by atoms with Crippen LogP contribution in [0.2, 0.25) is 0 Å². The smallest absolute Gasteiger partial charge is 0.329 e. The Bertz CT molecular complexity index is 1060. The van der Waals surface area contributed by atoms with Gasteiger partial charge in [0.25, 0.3) is 11.8 Å². The van der Waals surface area contributed by atoms with Gasteiger partial charge in [-0.25, -0.2) is 18.4 Å². The first-order valence-electron chi connectivity index (χ1n) is 9.44. The van der Waals surface area contributed by atoms with E-state index in [1.54, 1.807) is 32.0 Å². The maximum absolute atomic E-state index is 12.4. The molecule has 166 valence electrons. The number of hydrogen-bond donors (Lipinski definition) is 3. The molecule has 0 aromatic heterocycles. The molecule has 0 fully saturated rings. The van der Waals surface area contributed by atoms with Crippen molar-refractivity contribution in [1.29, 1.82) is 0 Å². The van der Waals surface area contributed by atoms with E-state index < -0.39 is 40.5 Å². The van der Waals surface area contributed by atoms with Crippen molar-refractivity contribution in [3.63, 3.8) is 0 Å². The molecule has 2 rings (SSSR count). The molecule has 0 aliphatic heterocycles.